The van der Waals surface area contributed by atoms with E-state index in [1.54, 1.807) is 0 Å². The van der Waals surface area contributed by atoms with E-state index in [4.69, 9.17) is 19.3 Å². The first-order valence-electron chi connectivity index (χ1n) is 7.85. The quantitative estimate of drug-likeness (QED) is 0.653. The van der Waals surface area contributed by atoms with Gasteiger partial charge in [0, 0.05) is 5.92 Å². The fraction of sp³-hybridized carbons (Fsp3) is 1.00. The lowest BCUT2D eigenvalue weighted by Crippen LogP contribution is -2.60. The van der Waals surface area contributed by atoms with Crippen molar-refractivity contribution in [1.82, 2.24) is 0 Å². The standard InChI is InChI=1S/C16H32O6/c1-15(2,3)11-10(9-20-8-7-17)21-14(13(19)12(11)18)22-16(4,5)6/h10-14,17-19H,7-9H2,1-6H3/t10?,11?,12-,13+,14-/m0/s1. The lowest BCUT2D eigenvalue weighted by molar-refractivity contribution is -0.323. The van der Waals surface area contributed by atoms with Crippen molar-refractivity contribution in [1.29, 1.82) is 0 Å². The van der Waals surface area contributed by atoms with Crippen molar-refractivity contribution in [3.05, 3.63) is 0 Å². The van der Waals surface area contributed by atoms with E-state index in [1.807, 2.05) is 41.5 Å². The summed E-state index contributed by atoms with van der Waals surface area (Å²) in [7, 11) is 0. The highest BCUT2D eigenvalue weighted by Crippen LogP contribution is 2.39. The van der Waals surface area contributed by atoms with Gasteiger partial charge in [0.25, 0.3) is 0 Å². The first-order chi connectivity index (χ1) is 9.97. The fourth-order valence-electron chi connectivity index (χ4n) is 2.85. The van der Waals surface area contributed by atoms with Gasteiger partial charge in [-0.2, -0.15) is 0 Å². The van der Waals surface area contributed by atoms with Gasteiger partial charge in [-0.1, -0.05) is 20.8 Å². The molecule has 0 aromatic heterocycles. The molecule has 1 rings (SSSR count). The lowest BCUT2D eigenvalue weighted by Gasteiger charge is -2.48. The monoisotopic (exact) mass is 320 g/mol. The molecular weight excluding hydrogens is 288 g/mol. The third kappa shape index (κ3) is 5.44. The zero-order valence-electron chi connectivity index (χ0n) is 14.6. The van der Waals surface area contributed by atoms with Gasteiger partial charge >= 0.3 is 0 Å². The zero-order valence-corrected chi connectivity index (χ0v) is 14.6. The Morgan fingerprint density at radius 1 is 1.00 bits per heavy atom. The molecule has 1 aliphatic heterocycles. The molecule has 22 heavy (non-hydrogen) atoms. The maximum absolute atomic E-state index is 10.6. The van der Waals surface area contributed by atoms with E-state index in [2.05, 4.69) is 0 Å². The predicted molar refractivity (Wildman–Crippen MR) is 82.4 cm³/mol. The SMILES string of the molecule is CC(C)(C)O[C@@H]1OC(COCCO)C(C(C)(C)C)[C@H](O)[C@H]1O. The van der Waals surface area contributed by atoms with Gasteiger partial charge in [0.15, 0.2) is 6.29 Å². The molecule has 6 nitrogen and oxygen atoms in total. The van der Waals surface area contributed by atoms with Crippen LogP contribution in [0.5, 0.6) is 0 Å². The molecule has 1 fully saturated rings. The zero-order chi connectivity index (χ0) is 17.1. The van der Waals surface area contributed by atoms with Crippen LogP contribution in [0.4, 0.5) is 0 Å². The van der Waals surface area contributed by atoms with E-state index in [1.165, 1.54) is 0 Å². The minimum Gasteiger partial charge on any atom is -0.394 e. The number of ether oxygens (including phenoxy) is 3. The predicted octanol–water partition coefficient (Wildman–Crippen LogP) is 0.919. The van der Waals surface area contributed by atoms with Gasteiger partial charge in [-0.25, -0.2) is 0 Å². The summed E-state index contributed by atoms with van der Waals surface area (Å²) in [5, 5.41) is 29.7. The van der Waals surface area contributed by atoms with Crippen LogP contribution in [0.3, 0.4) is 0 Å². The molecule has 0 spiro atoms. The maximum Gasteiger partial charge on any atom is 0.187 e. The molecule has 0 radical (unpaired) electrons. The minimum atomic E-state index is -1.11. The molecule has 0 amide bonds. The van der Waals surface area contributed by atoms with Gasteiger partial charge in [-0.15, -0.1) is 0 Å². The number of aliphatic hydroxyl groups excluding tert-OH is 3. The van der Waals surface area contributed by atoms with Crippen molar-refractivity contribution >= 4 is 0 Å². The normalized spacial score (nSPS) is 34.0. The molecule has 1 aliphatic rings. The molecule has 0 bridgehead atoms. The topological polar surface area (TPSA) is 88.4 Å². The highest BCUT2D eigenvalue weighted by atomic mass is 16.7. The summed E-state index contributed by atoms with van der Waals surface area (Å²) in [4.78, 5) is 0. The average Bonchev–Trinajstić information content (AvgIpc) is 2.32. The second kappa shape index (κ2) is 7.55. The van der Waals surface area contributed by atoms with Crippen molar-refractivity contribution in [2.75, 3.05) is 19.8 Å². The first kappa shape index (κ1) is 19.8. The van der Waals surface area contributed by atoms with Gasteiger partial charge < -0.3 is 29.5 Å². The Bertz CT molecular complexity index is 331. The molecule has 0 saturated carbocycles. The largest absolute Gasteiger partial charge is 0.394 e. The van der Waals surface area contributed by atoms with Crippen molar-refractivity contribution in [2.45, 2.75) is 71.7 Å². The van der Waals surface area contributed by atoms with Crippen LogP contribution in [0.15, 0.2) is 0 Å². The van der Waals surface area contributed by atoms with Crippen LogP contribution < -0.4 is 0 Å². The molecule has 1 saturated heterocycles. The van der Waals surface area contributed by atoms with Crippen molar-refractivity contribution < 1.29 is 29.5 Å². The Morgan fingerprint density at radius 2 is 1.59 bits per heavy atom. The molecule has 2 unspecified atom stereocenters. The third-order valence-corrected chi connectivity index (χ3v) is 3.69. The van der Waals surface area contributed by atoms with Crippen LogP contribution in [-0.4, -0.2) is 65.3 Å². The average molecular weight is 320 g/mol. The molecule has 1 heterocycles. The number of hydrogen-bond acceptors (Lipinski definition) is 6. The van der Waals surface area contributed by atoms with Crippen LogP contribution in [0.25, 0.3) is 0 Å². The van der Waals surface area contributed by atoms with Crippen LogP contribution in [-0.2, 0) is 14.2 Å². The molecule has 0 aliphatic carbocycles. The van der Waals surface area contributed by atoms with Gasteiger partial charge in [0.2, 0.25) is 0 Å². The van der Waals surface area contributed by atoms with Gasteiger partial charge in [-0.05, 0) is 26.2 Å². The summed E-state index contributed by atoms with van der Waals surface area (Å²) in [6, 6.07) is 0. The Labute approximate surface area is 133 Å². The Kier molecular flexibility index (Phi) is 6.80. The Morgan fingerprint density at radius 3 is 2.05 bits per heavy atom. The van der Waals surface area contributed by atoms with Gasteiger partial charge in [-0.3, -0.25) is 0 Å². The Balaban J connectivity index is 2.90. The van der Waals surface area contributed by atoms with Crippen molar-refractivity contribution in [2.24, 2.45) is 11.3 Å². The van der Waals surface area contributed by atoms with Crippen molar-refractivity contribution in [3.63, 3.8) is 0 Å². The summed E-state index contributed by atoms with van der Waals surface area (Å²) in [5.41, 5.74) is -0.781. The fourth-order valence-corrected chi connectivity index (χ4v) is 2.85. The minimum absolute atomic E-state index is 0.0694. The van der Waals surface area contributed by atoms with E-state index in [-0.39, 0.29) is 31.2 Å². The summed E-state index contributed by atoms with van der Waals surface area (Å²) in [6.07, 6.45) is -3.41. The Hall–Kier alpha value is -0.240. The highest BCUT2D eigenvalue weighted by molar-refractivity contribution is 4.95. The maximum atomic E-state index is 10.6. The second-order valence-electron chi connectivity index (χ2n) is 7.94. The van der Waals surface area contributed by atoms with Crippen molar-refractivity contribution in [3.8, 4) is 0 Å². The molecule has 0 aromatic carbocycles. The summed E-state index contributed by atoms with van der Waals surface area (Å²) in [6.45, 7) is 11.9. The van der Waals surface area contributed by atoms with E-state index >= 15 is 0 Å². The number of aliphatic hydroxyl groups is 3. The van der Waals surface area contributed by atoms with E-state index in [9.17, 15) is 10.2 Å². The third-order valence-electron chi connectivity index (χ3n) is 3.69. The second-order valence-corrected chi connectivity index (χ2v) is 7.94. The summed E-state index contributed by atoms with van der Waals surface area (Å²) in [5.74, 6) is -0.305. The number of rotatable bonds is 5. The number of hydrogen-bond donors (Lipinski definition) is 3. The summed E-state index contributed by atoms with van der Waals surface area (Å²) < 4.78 is 17.0. The smallest absolute Gasteiger partial charge is 0.187 e. The molecule has 0 aromatic rings. The van der Waals surface area contributed by atoms with E-state index in [0.29, 0.717) is 0 Å². The van der Waals surface area contributed by atoms with Gasteiger partial charge in [0.1, 0.15) is 6.10 Å². The first-order valence-corrected chi connectivity index (χ1v) is 7.85. The highest BCUT2D eigenvalue weighted by Gasteiger charge is 2.50. The van der Waals surface area contributed by atoms with Crippen LogP contribution in [0, 0.1) is 11.3 Å². The van der Waals surface area contributed by atoms with E-state index < -0.39 is 30.2 Å². The van der Waals surface area contributed by atoms with Crippen LogP contribution in [0.1, 0.15) is 41.5 Å². The van der Waals surface area contributed by atoms with Crippen LogP contribution in [0.2, 0.25) is 0 Å². The molecule has 6 heteroatoms. The van der Waals surface area contributed by atoms with E-state index in [0.717, 1.165) is 0 Å². The van der Waals surface area contributed by atoms with Crippen LogP contribution >= 0.6 is 0 Å². The molecular formula is C16H32O6. The molecule has 3 N–H and O–H groups in total. The molecule has 5 atom stereocenters. The van der Waals surface area contributed by atoms with Gasteiger partial charge in [0.05, 0.1) is 37.6 Å². The lowest BCUT2D eigenvalue weighted by atomic mass is 9.71. The molecule has 132 valence electrons. The summed E-state index contributed by atoms with van der Waals surface area (Å²) >= 11 is 0.